The number of nitro benzene ring substituents is 1. The number of nitro groups is 1. The number of nitrogens with one attached hydrogen (secondary N) is 1. The van der Waals surface area contributed by atoms with Crippen molar-refractivity contribution in [3.05, 3.63) is 75.8 Å². The smallest absolute Gasteiger partial charge is 0.269 e. The molecule has 0 heterocycles. The molecule has 1 atom stereocenters. The summed E-state index contributed by atoms with van der Waals surface area (Å²) in [6.45, 7) is 4.07. The molecule has 1 N–H and O–H groups in total. The van der Waals surface area contributed by atoms with Gasteiger partial charge in [-0.2, -0.15) is 0 Å². The Labute approximate surface area is 129 Å². The van der Waals surface area contributed by atoms with Crippen molar-refractivity contribution in [1.29, 1.82) is 0 Å². The largest absolute Gasteiger partial charge is 0.345 e. The Morgan fingerprint density at radius 2 is 1.64 bits per heavy atom. The molecule has 0 saturated carbocycles. The van der Waals surface area contributed by atoms with Crippen molar-refractivity contribution in [3.63, 3.8) is 0 Å². The summed E-state index contributed by atoms with van der Waals surface area (Å²) in [6, 6.07) is 15.2. The molecule has 0 saturated heterocycles. The van der Waals surface area contributed by atoms with Gasteiger partial charge in [0.15, 0.2) is 0 Å². The molecule has 5 nitrogen and oxygen atoms in total. The first-order chi connectivity index (χ1) is 10.5. The first-order valence-electron chi connectivity index (χ1n) is 7.09. The molecule has 114 valence electrons. The fourth-order valence-corrected chi connectivity index (χ4v) is 2.25. The topological polar surface area (TPSA) is 72.2 Å². The van der Waals surface area contributed by atoms with E-state index >= 15 is 0 Å². The van der Waals surface area contributed by atoms with Crippen molar-refractivity contribution in [2.24, 2.45) is 5.92 Å². The Morgan fingerprint density at radius 1 is 1.05 bits per heavy atom. The monoisotopic (exact) mass is 298 g/mol. The first-order valence-corrected chi connectivity index (χ1v) is 7.09. The van der Waals surface area contributed by atoms with Crippen molar-refractivity contribution < 1.29 is 9.72 Å². The molecule has 0 aliphatic carbocycles. The van der Waals surface area contributed by atoms with Crippen LogP contribution in [0.2, 0.25) is 0 Å². The lowest BCUT2D eigenvalue weighted by Gasteiger charge is -2.23. The van der Waals surface area contributed by atoms with Gasteiger partial charge in [0.25, 0.3) is 11.6 Å². The highest BCUT2D eigenvalue weighted by Crippen LogP contribution is 2.22. The van der Waals surface area contributed by atoms with Crippen LogP contribution in [-0.2, 0) is 0 Å². The van der Waals surface area contributed by atoms with Crippen LogP contribution in [0.3, 0.4) is 0 Å². The van der Waals surface area contributed by atoms with Crippen LogP contribution in [0.5, 0.6) is 0 Å². The Balaban J connectivity index is 2.16. The minimum absolute atomic E-state index is 0.0278. The van der Waals surface area contributed by atoms with Gasteiger partial charge in [-0.05, 0) is 23.6 Å². The van der Waals surface area contributed by atoms with Crippen molar-refractivity contribution in [2.75, 3.05) is 0 Å². The zero-order chi connectivity index (χ0) is 16.1. The fraction of sp³-hybridized carbons (Fsp3) is 0.235. The summed E-state index contributed by atoms with van der Waals surface area (Å²) in [5.74, 6) is -0.0122. The standard InChI is InChI=1S/C17H18N2O3/c1-12(2)16(13-6-4-3-5-7-13)18-17(20)14-8-10-15(11-9-14)19(21)22/h3-12,16H,1-2H3,(H,18,20)/t16-/m1/s1. The molecule has 0 spiro atoms. The fourth-order valence-electron chi connectivity index (χ4n) is 2.25. The van der Waals surface area contributed by atoms with Gasteiger partial charge in [0, 0.05) is 17.7 Å². The van der Waals surface area contributed by atoms with Crippen LogP contribution in [0.1, 0.15) is 35.8 Å². The normalized spacial score (nSPS) is 12.0. The lowest BCUT2D eigenvalue weighted by molar-refractivity contribution is -0.384. The highest BCUT2D eigenvalue weighted by atomic mass is 16.6. The molecule has 0 aliphatic heterocycles. The van der Waals surface area contributed by atoms with Gasteiger partial charge in [-0.3, -0.25) is 14.9 Å². The molecule has 0 fully saturated rings. The third-order valence-corrected chi connectivity index (χ3v) is 3.45. The molecule has 0 bridgehead atoms. The maximum Gasteiger partial charge on any atom is 0.269 e. The summed E-state index contributed by atoms with van der Waals surface area (Å²) >= 11 is 0. The molecule has 2 aromatic carbocycles. The summed E-state index contributed by atoms with van der Waals surface area (Å²) in [5.41, 5.74) is 1.42. The van der Waals surface area contributed by atoms with E-state index in [-0.39, 0.29) is 23.6 Å². The molecule has 5 heteroatoms. The van der Waals surface area contributed by atoms with E-state index in [9.17, 15) is 14.9 Å². The Bertz CT molecular complexity index is 651. The summed E-state index contributed by atoms with van der Waals surface area (Å²) in [7, 11) is 0. The SMILES string of the molecule is CC(C)[C@@H](NC(=O)c1ccc([N+](=O)[O-])cc1)c1ccccc1. The Morgan fingerprint density at radius 3 is 2.14 bits per heavy atom. The molecule has 2 aromatic rings. The zero-order valence-electron chi connectivity index (χ0n) is 12.5. The van der Waals surface area contributed by atoms with Crippen molar-refractivity contribution >= 4 is 11.6 Å². The highest BCUT2D eigenvalue weighted by Gasteiger charge is 2.19. The minimum atomic E-state index is -0.484. The number of carbonyl (C=O) groups excluding carboxylic acids is 1. The quantitative estimate of drug-likeness (QED) is 0.675. The van der Waals surface area contributed by atoms with Crippen molar-refractivity contribution in [1.82, 2.24) is 5.32 Å². The average molecular weight is 298 g/mol. The number of carbonyl (C=O) groups is 1. The number of nitrogens with zero attached hydrogens (tertiary/aromatic N) is 1. The number of hydrogen-bond acceptors (Lipinski definition) is 3. The van der Waals surface area contributed by atoms with Crippen LogP contribution in [0.15, 0.2) is 54.6 Å². The predicted octanol–water partition coefficient (Wildman–Crippen LogP) is 3.72. The number of benzene rings is 2. The van der Waals surface area contributed by atoms with E-state index in [1.807, 2.05) is 44.2 Å². The molecule has 2 rings (SSSR count). The zero-order valence-corrected chi connectivity index (χ0v) is 12.5. The molecule has 22 heavy (non-hydrogen) atoms. The van der Waals surface area contributed by atoms with E-state index in [1.54, 1.807) is 0 Å². The van der Waals surface area contributed by atoms with E-state index in [0.29, 0.717) is 5.56 Å². The van der Waals surface area contributed by atoms with Gasteiger partial charge in [0.05, 0.1) is 11.0 Å². The Hall–Kier alpha value is -2.69. The van der Waals surface area contributed by atoms with Gasteiger partial charge >= 0.3 is 0 Å². The second-order valence-electron chi connectivity index (χ2n) is 5.41. The number of amides is 1. The van der Waals surface area contributed by atoms with Gasteiger partial charge in [0.1, 0.15) is 0 Å². The van der Waals surface area contributed by atoms with Crippen molar-refractivity contribution in [3.8, 4) is 0 Å². The van der Waals surface area contributed by atoms with Gasteiger partial charge < -0.3 is 5.32 Å². The van der Waals surface area contributed by atoms with Crippen LogP contribution < -0.4 is 5.32 Å². The van der Waals surface area contributed by atoms with E-state index < -0.39 is 4.92 Å². The second kappa shape index (κ2) is 6.85. The van der Waals surface area contributed by atoms with Crippen LogP contribution in [-0.4, -0.2) is 10.8 Å². The average Bonchev–Trinajstić information content (AvgIpc) is 2.53. The number of hydrogen-bond donors (Lipinski definition) is 1. The van der Waals surface area contributed by atoms with Crippen LogP contribution >= 0.6 is 0 Å². The summed E-state index contributed by atoms with van der Waals surface area (Å²) < 4.78 is 0. The van der Waals surface area contributed by atoms with Crippen LogP contribution in [0.4, 0.5) is 5.69 Å². The molecule has 0 aliphatic rings. The second-order valence-corrected chi connectivity index (χ2v) is 5.41. The molecule has 1 amide bonds. The number of rotatable bonds is 5. The lowest BCUT2D eigenvalue weighted by Crippen LogP contribution is -2.31. The maximum absolute atomic E-state index is 12.3. The van der Waals surface area contributed by atoms with Gasteiger partial charge in [-0.15, -0.1) is 0 Å². The molecular formula is C17H18N2O3. The lowest BCUT2D eigenvalue weighted by atomic mass is 9.95. The third-order valence-electron chi connectivity index (χ3n) is 3.45. The minimum Gasteiger partial charge on any atom is -0.345 e. The molecular weight excluding hydrogens is 280 g/mol. The molecule has 0 radical (unpaired) electrons. The van der Waals surface area contributed by atoms with Crippen molar-refractivity contribution in [2.45, 2.75) is 19.9 Å². The van der Waals surface area contributed by atoms with E-state index in [0.717, 1.165) is 5.56 Å². The summed E-state index contributed by atoms with van der Waals surface area (Å²) in [4.78, 5) is 22.5. The van der Waals surface area contributed by atoms with E-state index in [4.69, 9.17) is 0 Å². The van der Waals surface area contributed by atoms with Gasteiger partial charge in [-0.25, -0.2) is 0 Å². The predicted molar refractivity (Wildman–Crippen MR) is 84.6 cm³/mol. The van der Waals surface area contributed by atoms with Gasteiger partial charge in [0.2, 0.25) is 0 Å². The summed E-state index contributed by atoms with van der Waals surface area (Å²) in [5, 5.41) is 13.6. The molecule has 0 aromatic heterocycles. The first kappa shape index (κ1) is 15.7. The van der Waals surface area contributed by atoms with E-state index in [1.165, 1.54) is 24.3 Å². The summed E-state index contributed by atoms with van der Waals surface area (Å²) in [6.07, 6.45) is 0. The Kier molecular flexibility index (Phi) is 4.88. The molecule has 0 unspecified atom stereocenters. The van der Waals surface area contributed by atoms with Crippen LogP contribution in [0.25, 0.3) is 0 Å². The number of non-ortho nitro benzene ring substituents is 1. The highest BCUT2D eigenvalue weighted by molar-refractivity contribution is 5.94. The third kappa shape index (κ3) is 3.69. The maximum atomic E-state index is 12.3. The van der Waals surface area contributed by atoms with Gasteiger partial charge in [-0.1, -0.05) is 44.2 Å². The van der Waals surface area contributed by atoms with E-state index in [2.05, 4.69) is 5.32 Å². The van der Waals surface area contributed by atoms with Crippen LogP contribution in [0, 0.1) is 16.0 Å².